The molecule has 42 heavy (non-hydrogen) atoms. The second kappa shape index (κ2) is 29.4. The van der Waals surface area contributed by atoms with Crippen LogP contribution in [-0.4, -0.2) is 116 Å². The van der Waals surface area contributed by atoms with Crippen molar-refractivity contribution in [2.75, 3.05) is 18.8 Å². The molecule has 0 aliphatic carbocycles. The van der Waals surface area contributed by atoms with Gasteiger partial charge in [-0.1, -0.05) is 27.7 Å². The predicted octanol–water partition coefficient (Wildman–Crippen LogP) is -2.29. The lowest BCUT2D eigenvalue weighted by atomic mass is 10.1. The number of nitrogens with one attached hydrogen (secondary N) is 1. The predicted molar refractivity (Wildman–Crippen MR) is 157 cm³/mol. The number of carbonyl (C=O) groups is 6. The molecule has 19 heteroatoms. The lowest BCUT2D eigenvalue weighted by Gasteiger charge is -2.07. The third kappa shape index (κ3) is 36.9. The van der Waals surface area contributed by atoms with Crippen LogP contribution in [0.2, 0.25) is 0 Å². The van der Waals surface area contributed by atoms with Crippen molar-refractivity contribution < 1.29 is 59.4 Å². The summed E-state index contributed by atoms with van der Waals surface area (Å²) in [6.45, 7) is 9.11. The highest BCUT2D eigenvalue weighted by Crippen LogP contribution is 2.03. The van der Waals surface area contributed by atoms with E-state index in [1.54, 1.807) is 27.7 Å². The molecule has 0 aromatic heterocycles. The molecule has 17 N–H and O–H groups in total. The van der Waals surface area contributed by atoms with Crippen LogP contribution in [0.25, 0.3) is 0 Å². The Bertz CT molecular complexity index is 741. The van der Waals surface area contributed by atoms with Gasteiger partial charge in [0, 0.05) is 5.75 Å². The minimum absolute atomic E-state index is 0.0208. The zero-order valence-corrected chi connectivity index (χ0v) is 25.4. The van der Waals surface area contributed by atoms with E-state index in [4.69, 9.17) is 53.6 Å². The van der Waals surface area contributed by atoms with Gasteiger partial charge in [0.05, 0.1) is 6.54 Å². The lowest BCUT2D eigenvalue weighted by molar-refractivity contribution is -0.140. The van der Waals surface area contributed by atoms with Crippen LogP contribution in [-0.2, 0) is 28.8 Å². The van der Waals surface area contributed by atoms with Crippen LogP contribution >= 0.6 is 12.6 Å². The monoisotopic (exact) mass is 634 g/mol. The molecule has 0 amide bonds. The van der Waals surface area contributed by atoms with Crippen LogP contribution < -0.4 is 34.0 Å². The van der Waals surface area contributed by atoms with E-state index in [1.165, 1.54) is 6.92 Å². The standard InChI is InChI=1S/C5H9NO2.2C5H11NO2.C3H7NO2S.C3H7NO2.C2H5NO2/c7-5(8)4-2-1-3-6-4;2*1-3(2)4(6)5(7)8;4-2(1-7)3(5)6;1-2(4)3(5)6;3-1-2(4)5/h4,6H,1-3H2,(H,7,8);2*3-4H,6H2,1-2H3,(H,7,8);2,7H,1,4H2,(H,5,6);2H,4H2,1H3,(H,5,6);1,3H2,(H,4,5)/t3*4-;2*2-;/m00000./s1. The second-order valence-corrected chi connectivity index (χ2v) is 9.42. The highest BCUT2D eigenvalue weighted by molar-refractivity contribution is 7.80. The van der Waals surface area contributed by atoms with E-state index in [0.29, 0.717) is 0 Å². The Morgan fingerprint density at radius 2 is 1.07 bits per heavy atom. The number of carboxylic acids is 6. The van der Waals surface area contributed by atoms with Gasteiger partial charge in [-0.15, -0.1) is 0 Å². The quantitative estimate of drug-likeness (QED) is 0.119. The number of hydrogen-bond donors (Lipinski definition) is 13. The third-order valence-corrected chi connectivity index (χ3v) is 4.84. The van der Waals surface area contributed by atoms with Gasteiger partial charge < -0.3 is 64.6 Å². The highest BCUT2D eigenvalue weighted by atomic mass is 32.1. The maximum absolute atomic E-state index is 10.1. The molecule has 0 radical (unpaired) electrons. The van der Waals surface area contributed by atoms with E-state index in [9.17, 15) is 28.8 Å². The van der Waals surface area contributed by atoms with E-state index in [-0.39, 0.29) is 30.2 Å². The maximum atomic E-state index is 10.1. The van der Waals surface area contributed by atoms with Gasteiger partial charge in [0.25, 0.3) is 0 Å². The van der Waals surface area contributed by atoms with Crippen molar-refractivity contribution in [3.05, 3.63) is 0 Å². The summed E-state index contributed by atoms with van der Waals surface area (Å²) < 4.78 is 0. The van der Waals surface area contributed by atoms with Gasteiger partial charge >= 0.3 is 35.8 Å². The third-order valence-electron chi connectivity index (χ3n) is 4.44. The Kier molecular flexibility index (Phi) is 34.1. The van der Waals surface area contributed by atoms with Crippen molar-refractivity contribution in [3.8, 4) is 0 Å². The lowest BCUT2D eigenvalue weighted by Crippen LogP contribution is -2.34. The molecule has 1 fully saturated rings. The first-order valence-electron chi connectivity index (χ1n) is 12.4. The maximum Gasteiger partial charge on any atom is 0.321 e. The number of aliphatic carboxylic acids is 6. The van der Waals surface area contributed by atoms with Gasteiger partial charge in [-0.05, 0) is 38.1 Å². The topological polar surface area (TPSA) is 366 Å². The highest BCUT2D eigenvalue weighted by Gasteiger charge is 2.20. The molecule has 0 aromatic carbocycles. The fourth-order valence-electron chi connectivity index (χ4n) is 1.54. The molecule has 1 aliphatic rings. The first-order chi connectivity index (χ1) is 19.0. The Labute approximate surface area is 250 Å². The molecular formula is C23H50N6O12S. The van der Waals surface area contributed by atoms with Gasteiger partial charge in [0.1, 0.15) is 30.2 Å². The number of hydrogen-bond acceptors (Lipinski definition) is 13. The number of rotatable bonds is 9. The largest absolute Gasteiger partial charge is 0.480 e. The van der Waals surface area contributed by atoms with Gasteiger partial charge in [-0.3, -0.25) is 28.8 Å². The van der Waals surface area contributed by atoms with E-state index < -0.39 is 60.0 Å². The minimum atomic E-state index is -1.00. The van der Waals surface area contributed by atoms with Crippen LogP contribution in [0, 0.1) is 11.8 Å². The molecule has 250 valence electrons. The van der Waals surface area contributed by atoms with Crippen molar-refractivity contribution >= 4 is 48.4 Å². The van der Waals surface area contributed by atoms with Crippen LogP contribution in [0.3, 0.4) is 0 Å². The molecule has 1 aliphatic heterocycles. The van der Waals surface area contributed by atoms with E-state index in [2.05, 4.69) is 23.7 Å². The van der Waals surface area contributed by atoms with Crippen molar-refractivity contribution in [1.82, 2.24) is 5.32 Å². The molecule has 1 saturated heterocycles. The Morgan fingerprint density at radius 3 is 1.12 bits per heavy atom. The van der Waals surface area contributed by atoms with Crippen molar-refractivity contribution in [1.29, 1.82) is 0 Å². The SMILES string of the molecule is CC(C)[C@H](N)C(=O)O.CC(C)[C@H](N)C(=O)O.C[C@H](N)C(=O)O.NCC(=O)O.N[C@@H](CS)C(=O)O.O=C(O)[C@@H]1CCCN1. The molecule has 1 rings (SSSR count). The van der Waals surface area contributed by atoms with E-state index in [0.717, 1.165) is 19.4 Å². The molecule has 0 unspecified atom stereocenters. The molecule has 0 bridgehead atoms. The van der Waals surface area contributed by atoms with Gasteiger partial charge in [0.15, 0.2) is 0 Å². The van der Waals surface area contributed by atoms with Crippen LogP contribution in [0.15, 0.2) is 0 Å². The number of carboxylic acid groups (broad SMARTS) is 6. The molecule has 5 atom stereocenters. The van der Waals surface area contributed by atoms with E-state index in [1.807, 2.05) is 0 Å². The van der Waals surface area contributed by atoms with Crippen LogP contribution in [0.1, 0.15) is 47.5 Å². The minimum Gasteiger partial charge on any atom is -0.480 e. The molecule has 18 nitrogen and oxygen atoms in total. The zero-order chi connectivity index (χ0) is 34.7. The first kappa shape index (κ1) is 48.6. The summed E-state index contributed by atoms with van der Waals surface area (Å²) in [6.07, 6.45) is 1.78. The molecular weight excluding hydrogens is 584 g/mol. The molecule has 0 aromatic rings. The summed E-state index contributed by atoms with van der Waals surface area (Å²) in [5.41, 5.74) is 24.7. The fraction of sp³-hybridized carbons (Fsp3) is 0.739. The smallest absolute Gasteiger partial charge is 0.321 e. The van der Waals surface area contributed by atoms with Gasteiger partial charge in [-0.2, -0.15) is 12.6 Å². The normalized spacial score (nSPS) is 15.8. The van der Waals surface area contributed by atoms with Gasteiger partial charge in [-0.25, -0.2) is 0 Å². The van der Waals surface area contributed by atoms with Crippen LogP contribution in [0.5, 0.6) is 0 Å². The number of nitrogens with two attached hydrogens (primary N) is 5. The zero-order valence-electron chi connectivity index (χ0n) is 24.5. The fourth-order valence-corrected chi connectivity index (χ4v) is 1.70. The summed E-state index contributed by atoms with van der Waals surface area (Å²) in [5.74, 6) is -5.28. The second-order valence-electron chi connectivity index (χ2n) is 9.06. The van der Waals surface area contributed by atoms with Crippen molar-refractivity contribution in [2.24, 2.45) is 40.5 Å². The summed E-state index contributed by atoms with van der Waals surface area (Å²) >= 11 is 3.65. The molecule has 0 saturated carbocycles. The Morgan fingerprint density at radius 1 is 0.738 bits per heavy atom. The summed E-state index contributed by atoms with van der Waals surface area (Å²) in [4.78, 5) is 58.7. The average molecular weight is 635 g/mol. The van der Waals surface area contributed by atoms with E-state index >= 15 is 0 Å². The van der Waals surface area contributed by atoms with Crippen LogP contribution in [0.4, 0.5) is 0 Å². The summed E-state index contributed by atoms with van der Waals surface area (Å²) in [5, 5.41) is 51.1. The Balaban J connectivity index is -0.000000131. The summed E-state index contributed by atoms with van der Waals surface area (Å²) in [6, 6.07) is -3.24. The first-order valence-corrected chi connectivity index (χ1v) is 13.1. The molecule has 0 spiro atoms. The Hall–Kier alpha value is -3.07. The summed E-state index contributed by atoms with van der Waals surface area (Å²) in [7, 11) is 0. The van der Waals surface area contributed by atoms with Crippen molar-refractivity contribution in [2.45, 2.75) is 77.7 Å². The molecule has 1 heterocycles. The van der Waals surface area contributed by atoms with Gasteiger partial charge in [0.2, 0.25) is 0 Å². The van der Waals surface area contributed by atoms with Crippen molar-refractivity contribution in [3.63, 3.8) is 0 Å². The number of thiol groups is 1. The average Bonchev–Trinajstić information content (AvgIpc) is 3.44.